The second-order valence-corrected chi connectivity index (χ2v) is 5.33. The van der Waals surface area contributed by atoms with E-state index in [9.17, 15) is 4.39 Å². The van der Waals surface area contributed by atoms with Gasteiger partial charge in [0, 0.05) is 4.88 Å². The maximum atomic E-state index is 13.4. The van der Waals surface area contributed by atoms with E-state index in [2.05, 4.69) is 15.9 Å². The molecule has 2 aromatic rings. The summed E-state index contributed by atoms with van der Waals surface area (Å²) >= 11 is 4.84. The smallest absolute Gasteiger partial charge is 0.137 e. The van der Waals surface area contributed by atoms with Crippen molar-refractivity contribution in [1.29, 1.82) is 0 Å². The van der Waals surface area contributed by atoms with Gasteiger partial charge < -0.3 is 5.73 Å². The molecule has 4 heteroatoms. The SMILES string of the molecule is Cc1ccsc1C(N)c1cccc(F)c1Br. The molecule has 1 atom stereocenters. The maximum absolute atomic E-state index is 13.4. The van der Waals surface area contributed by atoms with Crippen molar-refractivity contribution in [2.24, 2.45) is 5.73 Å². The predicted molar refractivity (Wildman–Crippen MR) is 69.2 cm³/mol. The molecule has 1 heterocycles. The first kappa shape index (κ1) is 11.8. The molecule has 0 radical (unpaired) electrons. The minimum atomic E-state index is -0.276. The van der Waals surface area contributed by atoms with Crippen LogP contribution in [0.5, 0.6) is 0 Å². The minimum absolute atomic E-state index is 0.273. The minimum Gasteiger partial charge on any atom is -0.320 e. The quantitative estimate of drug-likeness (QED) is 0.891. The third-order valence-corrected chi connectivity index (χ3v) is 4.44. The second kappa shape index (κ2) is 4.65. The van der Waals surface area contributed by atoms with Crippen LogP contribution < -0.4 is 5.73 Å². The van der Waals surface area contributed by atoms with Gasteiger partial charge in [-0.15, -0.1) is 11.3 Å². The Morgan fingerprint density at radius 3 is 2.75 bits per heavy atom. The molecule has 0 bridgehead atoms. The highest BCUT2D eigenvalue weighted by Crippen LogP contribution is 2.32. The van der Waals surface area contributed by atoms with Crippen LogP contribution in [0.1, 0.15) is 22.0 Å². The highest BCUT2D eigenvalue weighted by molar-refractivity contribution is 9.10. The van der Waals surface area contributed by atoms with Crippen LogP contribution in [0.3, 0.4) is 0 Å². The van der Waals surface area contributed by atoms with Crippen molar-refractivity contribution < 1.29 is 4.39 Å². The monoisotopic (exact) mass is 299 g/mol. The van der Waals surface area contributed by atoms with E-state index in [0.29, 0.717) is 4.47 Å². The molecule has 84 valence electrons. The molecule has 0 amide bonds. The zero-order valence-corrected chi connectivity index (χ0v) is 11.1. The van der Waals surface area contributed by atoms with E-state index in [4.69, 9.17) is 5.73 Å². The van der Waals surface area contributed by atoms with Crippen molar-refractivity contribution in [2.45, 2.75) is 13.0 Å². The summed E-state index contributed by atoms with van der Waals surface area (Å²) in [4.78, 5) is 1.08. The van der Waals surface area contributed by atoms with E-state index in [1.807, 2.05) is 24.4 Å². The molecule has 0 aliphatic carbocycles. The summed E-state index contributed by atoms with van der Waals surface area (Å²) in [6, 6.07) is 6.69. The predicted octanol–water partition coefficient (Wildman–Crippen LogP) is 4.01. The van der Waals surface area contributed by atoms with Crippen molar-refractivity contribution in [2.75, 3.05) is 0 Å². The molecule has 16 heavy (non-hydrogen) atoms. The van der Waals surface area contributed by atoms with Crippen LogP contribution in [0.15, 0.2) is 34.1 Å². The van der Waals surface area contributed by atoms with Crippen LogP contribution in [-0.2, 0) is 0 Å². The third-order valence-electron chi connectivity index (χ3n) is 2.50. The molecule has 0 spiro atoms. The first-order valence-corrected chi connectivity index (χ1v) is 6.52. The largest absolute Gasteiger partial charge is 0.320 e. The number of rotatable bonds is 2. The standard InChI is InChI=1S/C12H11BrFNS/c1-7-5-6-16-12(7)11(15)8-3-2-4-9(14)10(8)13/h2-6,11H,15H2,1H3. The van der Waals surface area contributed by atoms with Crippen LogP contribution in [-0.4, -0.2) is 0 Å². The van der Waals surface area contributed by atoms with Gasteiger partial charge in [0.05, 0.1) is 10.5 Å². The Kier molecular flexibility index (Phi) is 3.42. The average Bonchev–Trinajstić information content (AvgIpc) is 2.68. The van der Waals surface area contributed by atoms with Crippen molar-refractivity contribution in [1.82, 2.24) is 0 Å². The zero-order valence-electron chi connectivity index (χ0n) is 8.71. The lowest BCUT2D eigenvalue weighted by molar-refractivity contribution is 0.616. The molecular formula is C12H11BrFNS. The molecule has 0 saturated carbocycles. The van der Waals surface area contributed by atoms with E-state index >= 15 is 0 Å². The first-order chi connectivity index (χ1) is 7.61. The van der Waals surface area contributed by atoms with Crippen molar-refractivity contribution >= 4 is 27.3 Å². The Balaban J connectivity index is 2.46. The van der Waals surface area contributed by atoms with Gasteiger partial charge in [0.1, 0.15) is 5.82 Å². The molecule has 0 fully saturated rings. The lowest BCUT2D eigenvalue weighted by Gasteiger charge is -2.13. The lowest BCUT2D eigenvalue weighted by atomic mass is 10.0. The molecule has 1 aromatic carbocycles. The van der Waals surface area contributed by atoms with Gasteiger partial charge in [-0.3, -0.25) is 0 Å². The van der Waals surface area contributed by atoms with Crippen LogP contribution >= 0.6 is 27.3 Å². The second-order valence-electron chi connectivity index (χ2n) is 3.59. The number of halogens is 2. The van der Waals surface area contributed by atoms with E-state index in [-0.39, 0.29) is 11.9 Å². The number of aryl methyl sites for hydroxylation is 1. The summed E-state index contributed by atoms with van der Waals surface area (Å²) in [5.41, 5.74) is 8.07. The Morgan fingerprint density at radius 2 is 2.12 bits per heavy atom. The van der Waals surface area contributed by atoms with Gasteiger partial charge in [0.2, 0.25) is 0 Å². The van der Waals surface area contributed by atoms with Crippen LogP contribution in [0, 0.1) is 12.7 Å². The van der Waals surface area contributed by atoms with Gasteiger partial charge in [-0.2, -0.15) is 0 Å². The molecule has 0 aliphatic heterocycles. The molecule has 1 aromatic heterocycles. The van der Waals surface area contributed by atoms with Crippen LogP contribution in [0.2, 0.25) is 0 Å². The fourth-order valence-electron chi connectivity index (χ4n) is 1.60. The fourth-order valence-corrected chi connectivity index (χ4v) is 3.06. The summed E-state index contributed by atoms with van der Waals surface area (Å²) in [6.45, 7) is 2.01. The summed E-state index contributed by atoms with van der Waals surface area (Å²) in [5.74, 6) is -0.276. The van der Waals surface area contributed by atoms with Crippen molar-refractivity contribution in [3.63, 3.8) is 0 Å². The average molecular weight is 300 g/mol. The van der Waals surface area contributed by atoms with E-state index in [0.717, 1.165) is 16.0 Å². The topological polar surface area (TPSA) is 26.0 Å². The van der Waals surface area contributed by atoms with Crippen LogP contribution in [0.4, 0.5) is 4.39 Å². The summed E-state index contributed by atoms with van der Waals surface area (Å²) in [7, 11) is 0. The van der Waals surface area contributed by atoms with Gasteiger partial charge in [0.15, 0.2) is 0 Å². The van der Waals surface area contributed by atoms with Gasteiger partial charge in [0.25, 0.3) is 0 Å². The summed E-state index contributed by atoms with van der Waals surface area (Å²) < 4.78 is 13.8. The van der Waals surface area contributed by atoms with Crippen molar-refractivity contribution in [3.05, 3.63) is 55.9 Å². The fraction of sp³-hybridized carbons (Fsp3) is 0.167. The summed E-state index contributed by atoms with van der Waals surface area (Å²) in [6.07, 6.45) is 0. The Morgan fingerprint density at radius 1 is 1.38 bits per heavy atom. The highest BCUT2D eigenvalue weighted by atomic mass is 79.9. The Bertz CT molecular complexity index is 509. The number of thiophene rings is 1. The van der Waals surface area contributed by atoms with Gasteiger partial charge in [-0.25, -0.2) is 4.39 Å². The number of hydrogen-bond donors (Lipinski definition) is 1. The maximum Gasteiger partial charge on any atom is 0.137 e. The molecular weight excluding hydrogens is 289 g/mol. The number of nitrogens with two attached hydrogens (primary N) is 1. The Hall–Kier alpha value is -0.710. The highest BCUT2D eigenvalue weighted by Gasteiger charge is 2.17. The van der Waals surface area contributed by atoms with Gasteiger partial charge >= 0.3 is 0 Å². The molecule has 0 aliphatic rings. The van der Waals surface area contributed by atoms with Crippen LogP contribution in [0.25, 0.3) is 0 Å². The molecule has 2 rings (SSSR count). The molecule has 2 N–H and O–H groups in total. The molecule has 0 saturated heterocycles. The molecule has 1 unspecified atom stereocenters. The van der Waals surface area contributed by atoms with Gasteiger partial charge in [-0.05, 0) is 51.5 Å². The normalized spacial score (nSPS) is 12.8. The number of benzene rings is 1. The Labute approximate surface area is 106 Å². The third kappa shape index (κ3) is 2.05. The molecule has 1 nitrogen and oxygen atoms in total. The van der Waals surface area contributed by atoms with Crippen molar-refractivity contribution in [3.8, 4) is 0 Å². The van der Waals surface area contributed by atoms with E-state index < -0.39 is 0 Å². The van der Waals surface area contributed by atoms with E-state index in [1.54, 1.807) is 17.4 Å². The number of hydrogen-bond acceptors (Lipinski definition) is 2. The van der Waals surface area contributed by atoms with Gasteiger partial charge in [-0.1, -0.05) is 12.1 Å². The first-order valence-electron chi connectivity index (χ1n) is 4.84. The zero-order chi connectivity index (χ0) is 11.7. The summed E-state index contributed by atoms with van der Waals surface area (Å²) in [5, 5.41) is 2.00. The lowest BCUT2D eigenvalue weighted by Crippen LogP contribution is -2.12. The van der Waals surface area contributed by atoms with E-state index in [1.165, 1.54) is 6.07 Å².